The van der Waals surface area contributed by atoms with Gasteiger partial charge >= 0.3 is 6.03 Å². The van der Waals surface area contributed by atoms with Crippen molar-refractivity contribution in [1.82, 2.24) is 9.55 Å². The fourth-order valence-electron chi connectivity index (χ4n) is 2.35. The van der Waals surface area contributed by atoms with Crippen molar-refractivity contribution < 1.29 is 9.28 Å². The van der Waals surface area contributed by atoms with E-state index in [1.165, 1.54) is 10.9 Å². The molecule has 0 saturated heterocycles. The quantitative estimate of drug-likeness (QED) is 0.771. The van der Waals surface area contributed by atoms with E-state index in [9.17, 15) is 4.79 Å². The number of hydrogen-bond donors (Lipinski definition) is 0. The summed E-state index contributed by atoms with van der Waals surface area (Å²) >= 11 is 0. The normalized spacial score (nSPS) is 22.8. The third kappa shape index (κ3) is 1.90. The molecule has 1 aromatic rings. The average Bonchev–Trinajstić information content (AvgIpc) is 2.98. The van der Waals surface area contributed by atoms with Crippen LogP contribution in [0, 0.1) is 0 Å². The third-order valence-corrected chi connectivity index (χ3v) is 3.28. The van der Waals surface area contributed by atoms with Gasteiger partial charge in [0.2, 0.25) is 6.34 Å². The molecule has 0 fully saturated rings. The molecular weight excluding hydrogens is 228 g/mol. The zero-order valence-corrected chi connectivity index (χ0v) is 11.1. The Balaban J connectivity index is 2.37. The second kappa shape index (κ2) is 4.86. The van der Waals surface area contributed by atoms with Crippen LogP contribution in [-0.4, -0.2) is 33.5 Å². The molecule has 0 spiro atoms. The monoisotopic (exact) mass is 247 g/mol. The number of quaternary nitrogens is 1. The molecule has 0 N–H and O–H groups in total. The minimum atomic E-state index is -0.0424. The molecule has 0 saturated carbocycles. The predicted molar refractivity (Wildman–Crippen MR) is 69.9 cm³/mol. The minimum Gasteiger partial charge on any atom is -0.245 e. The van der Waals surface area contributed by atoms with Crippen LogP contribution in [0.2, 0.25) is 0 Å². The lowest BCUT2D eigenvalue weighted by Gasteiger charge is -2.24. The summed E-state index contributed by atoms with van der Waals surface area (Å²) in [6.07, 6.45) is 9.33. The molecule has 0 radical (unpaired) electrons. The molecule has 5 heteroatoms. The number of aromatic nitrogens is 2. The van der Waals surface area contributed by atoms with Gasteiger partial charge in [0.1, 0.15) is 17.7 Å². The van der Waals surface area contributed by atoms with Crippen LogP contribution in [-0.2, 0) is 0 Å². The number of aliphatic imine (C=N–C) groups is 1. The van der Waals surface area contributed by atoms with Crippen molar-refractivity contribution in [2.75, 3.05) is 7.05 Å². The van der Waals surface area contributed by atoms with E-state index in [0.717, 1.165) is 30.7 Å². The van der Waals surface area contributed by atoms with Crippen molar-refractivity contribution in [2.45, 2.75) is 33.1 Å². The zero-order valence-electron chi connectivity index (χ0n) is 11.1. The Morgan fingerprint density at radius 1 is 1.44 bits per heavy atom. The first kappa shape index (κ1) is 12.7. The summed E-state index contributed by atoms with van der Waals surface area (Å²) in [6.45, 7) is 4.19. The van der Waals surface area contributed by atoms with Crippen molar-refractivity contribution >= 4 is 12.4 Å². The van der Waals surface area contributed by atoms with Crippen LogP contribution < -0.4 is 0 Å². The smallest absolute Gasteiger partial charge is 0.245 e. The standard InChI is InChI=1S/C13H19N4O/c1-4-6-11-12(5-2)17(3,10-15-11)13(18)16-8-7-14-9-16/h7-10H,4-6H2,1-3H3/q+1. The second-order valence-corrected chi connectivity index (χ2v) is 4.57. The molecule has 5 nitrogen and oxygen atoms in total. The van der Waals surface area contributed by atoms with Crippen molar-refractivity contribution in [3.8, 4) is 0 Å². The Kier molecular flexibility index (Phi) is 3.43. The topological polar surface area (TPSA) is 47.2 Å². The van der Waals surface area contributed by atoms with E-state index in [1.807, 2.05) is 7.05 Å². The summed E-state index contributed by atoms with van der Waals surface area (Å²) in [6, 6.07) is -0.0424. The molecule has 1 aromatic heterocycles. The Morgan fingerprint density at radius 2 is 2.22 bits per heavy atom. The van der Waals surface area contributed by atoms with E-state index in [0.29, 0.717) is 0 Å². The molecular formula is C13H19N4O+. The molecule has 0 bridgehead atoms. The van der Waals surface area contributed by atoms with E-state index in [1.54, 1.807) is 18.7 Å². The van der Waals surface area contributed by atoms with Gasteiger partial charge in [-0.1, -0.05) is 20.3 Å². The van der Waals surface area contributed by atoms with E-state index in [-0.39, 0.29) is 10.5 Å². The van der Waals surface area contributed by atoms with E-state index in [2.05, 4.69) is 23.8 Å². The Labute approximate surface area is 107 Å². The van der Waals surface area contributed by atoms with Crippen LogP contribution >= 0.6 is 0 Å². The molecule has 1 atom stereocenters. The number of allylic oxidation sites excluding steroid dienone is 2. The van der Waals surface area contributed by atoms with Crippen molar-refractivity contribution in [1.29, 1.82) is 0 Å². The molecule has 18 heavy (non-hydrogen) atoms. The largest absolute Gasteiger partial charge is 0.439 e. The number of carbonyl (C=O) groups excluding carboxylic acids is 1. The lowest BCUT2D eigenvalue weighted by Crippen LogP contribution is -2.47. The highest BCUT2D eigenvalue weighted by Crippen LogP contribution is 2.30. The number of nitrogens with zero attached hydrogens (tertiary/aromatic N) is 4. The second-order valence-electron chi connectivity index (χ2n) is 4.57. The molecule has 1 aliphatic heterocycles. The van der Waals surface area contributed by atoms with Crippen LogP contribution in [0.25, 0.3) is 0 Å². The first-order chi connectivity index (χ1) is 8.63. The molecule has 0 aliphatic carbocycles. The molecule has 0 aromatic carbocycles. The lowest BCUT2D eigenvalue weighted by molar-refractivity contribution is -0.683. The number of imidazole rings is 1. The van der Waals surface area contributed by atoms with Gasteiger partial charge in [-0.3, -0.25) is 0 Å². The Morgan fingerprint density at radius 3 is 2.78 bits per heavy atom. The van der Waals surface area contributed by atoms with Crippen molar-refractivity contribution in [3.63, 3.8) is 0 Å². The van der Waals surface area contributed by atoms with Gasteiger partial charge in [0.25, 0.3) is 0 Å². The van der Waals surface area contributed by atoms with E-state index in [4.69, 9.17) is 0 Å². The van der Waals surface area contributed by atoms with Gasteiger partial charge in [-0.25, -0.2) is 19.3 Å². The highest BCUT2D eigenvalue weighted by atomic mass is 16.2. The summed E-state index contributed by atoms with van der Waals surface area (Å²) < 4.78 is 1.64. The highest BCUT2D eigenvalue weighted by Gasteiger charge is 2.41. The predicted octanol–water partition coefficient (Wildman–Crippen LogP) is 2.76. The van der Waals surface area contributed by atoms with Gasteiger partial charge < -0.3 is 0 Å². The summed E-state index contributed by atoms with van der Waals surface area (Å²) in [5, 5.41) is 0. The Bertz CT molecular complexity index is 501. The molecule has 1 aliphatic rings. The first-order valence-corrected chi connectivity index (χ1v) is 6.30. The summed E-state index contributed by atoms with van der Waals surface area (Å²) in [5.41, 5.74) is 2.13. The fraction of sp³-hybridized carbons (Fsp3) is 0.462. The zero-order chi connectivity index (χ0) is 13.2. The van der Waals surface area contributed by atoms with E-state index >= 15 is 0 Å². The third-order valence-electron chi connectivity index (χ3n) is 3.28. The minimum absolute atomic E-state index is 0.0424. The maximum absolute atomic E-state index is 12.5. The lowest BCUT2D eigenvalue weighted by atomic mass is 10.1. The number of carbonyl (C=O) groups is 1. The van der Waals surface area contributed by atoms with Crippen molar-refractivity contribution in [3.05, 3.63) is 30.1 Å². The van der Waals surface area contributed by atoms with Gasteiger partial charge in [-0.05, 0) is 6.42 Å². The summed E-state index contributed by atoms with van der Waals surface area (Å²) in [5.74, 6) is 0. The van der Waals surface area contributed by atoms with Gasteiger partial charge in [-0.15, -0.1) is 0 Å². The first-order valence-electron chi connectivity index (χ1n) is 6.30. The van der Waals surface area contributed by atoms with E-state index < -0.39 is 0 Å². The van der Waals surface area contributed by atoms with Crippen LogP contribution in [0.15, 0.2) is 35.1 Å². The SMILES string of the molecule is CCCC1=C(CC)[N+](C)(C(=O)n2ccnc2)C=N1. The molecule has 1 amide bonds. The molecule has 1 unspecified atom stereocenters. The van der Waals surface area contributed by atoms with Gasteiger partial charge in [0.05, 0.1) is 7.05 Å². The summed E-state index contributed by atoms with van der Waals surface area (Å²) in [4.78, 5) is 20.9. The van der Waals surface area contributed by atoms with Gasteiger partial charge in [0, 0.05) is 18.8 Å². The van der Waals surface area contributed by atoms with Gasteiger partial charge in [-0.2, -0.15) is 4.48 Å². The maximum Gasteiger partial charge on any atom is 0.439 e. The van der Waals surface area contributed by atoms with Crippen LogP contribution in [0.5, 0.6) is 0 Å². The van der Waals surface area contributed by atoms with Crippen LogP contribution in [0.4, 0.5) is 4.79 Å². The molecule has 2 rings (SSSR count). The fourth-order valence-corrected chi connectivity index (χ4v) is 2.35. The number of hydrogen-bond acceptors (Lipinski definition) is 3. The van der Waals surface area contributed by atoms with Crippen LogP contribution in [0.3, 0.4) is 0 Å². The highest BCUT2D eigenvalue weighted by molar-refractivity contribution is 5.80. The molecule has 96 valence electrons. The number of amides is 1. The van der Waals surface area contributed by atoms with Gasteiger partial charge in [0.15, 0.2) is 0 Å². The molecule has 2 heterocycles. The van der Waals surface area contributed by atoms with Crippen molar-refractivity contribution in [2.24, 2.45) is 4.99 Å². The number of rotatable bonds is 3. The summed E-state index contributed by atoms with van der Waals surface area (Å²) in [7, 11) is 1.88. The van der Waals surface area contributed by atoms with Crippen LogP contribution in [0.1, 0.15) is 33.1 Å². The average molecular weight is 247 g/mol. The Hall–Kier alpha value is -1.75. The maximum atomic E-state index is 12.5.